The first-order valence-electron chi connectivity index (χ1n) is 5.77. The van der Waals surface area contributed by atoms with Crippen molar-refractivity contribution in [2.45, 2.75) is 33.2 Å². The summed E-state index contributed by atoms with van der Waals surface area (Å²) in [7, 11) is 0. The van der Waals surface area contributed by atoms with Crippen LogP contribution < -0.4 is 0 Å². The molecular weight excluding hydrogens is 314 g/mol. The highest BCUT2D eigenvalue weighted by Crippen LogP contribution is 2.19. The molecule has 0 bridgehead atoms. The Kier molecular flexibility index (Phi) is 4.29. The van der Waals surface area contributed by atoms with Gasteiger partial charge in [0, 0.05) is 11.9 Å². The van der Waals surface area contributed by atoms with Crippen molar-refractivity contribution in [1.82, 2.24) is 14.8 Å². The van der Waals surface area contributed by atoms with Crippen LogP contribution in [0.5, 0.6) is 0 Å². The summed E-state index contributed by atoms with van der Waals surface area (Å²) in [4.78, 5) is 16.6. The van der Waals surface area contributed by atoms with Crippen molar-refractivity contribution in [2.75, 3.05) is 0 Å². The Labute approximate surface area is 118 Å². The van der Waals surface area contributed by atoms with Crippen LogP contribution in [0.1, 0.15) is 34.5 Å². The van der Waals surface area contributed by atoms with Crippen LogP contribution in [0.4, 0.5) is 0 Å². The Morgan fingerprint density at radius 1 is 1.56 bits per heavy atom. The van der Waals surface area contributed by atoms with Gasteiger partial charge in [0.25, 0.3) is 0 Å². The Hall–Kier alpha value is -1.01. The van der Waals surface area contributed by atoms with Crippen molar-refractivity contribution in [1.29, 1.82) is 0 Å². The summed E-state index contributed by atoms with van der Waals surface area (Å²) in [6.07, 6.45) is 2.96. The monoisotopic (exact) mass is 327 g/mol. The van der Waals surface area contributed by atoms with E-state index in [1.54, 1.807) is 22.2 Å². The molecule has 0 aromatic carbocycles. The zero-order valence-electron chi connectivity index (χ0n) is 10.3. The minimum absolute atomic E-state index is 0.0538. The second-order valence-corrected chi connectivity index (χ2v) is 5.94. The number of aromatic nitrogens is 3. The van der Waals surface area contributed by atoms with E-state index in [1.807, 2.05) is 12.3 Å². The molecule has 2 aromatic rings. The third-order valence-corrected chi connectivity index (χ3v) is 3.91. The fourth-order valence-electron chi connectivity index (χ4n) is 1.76. The highest BCUT2D eigenvalue weighted by Gasteiger charge is 2.18. The molecule has 0 saturated carbocycles. The molecule has 0 spiro atoms. The molecule has 2 rings (SSSR count). The van der Waals surface area contributed by atoms with Crippen LogP contribution in [0.2, 0.25) is 0 Å². The Balaban J connectivity index is 2.20. The Morgan fingerprint density at radius 3 is 2.94 bits per heavy atom. The van der Waals surface area contributed by atoms with E-state index in [0.29, 0.717) is 12.1 Å². The number of nitrogens with zero attached hydrogens (tertiary/aromatic N) is 3. The molecule has 2 aromatic heterocycles. The lowest BCUT2D eigenvalue weighted by Crippen LogP contribution is -2.13. The molecule has 0 N–H and O–H groups in total. The van der Waals surface area contributed by atoms with Gasteiger partial charge in [0.1, 0.15) is 5.69 Å². The lowest BCUT2D eigenvalue weighted by Gasteiger charge is -2.05. The topological polar surface area (TPSA) is 47.8 Å². The number of hydrogen-bond donors (Lipinski definition) is 0. The molecule has 2 heterocycles. The first-order chi connectivity index (χ1) is 8.61. The molecule has 4 nitrogen and oxygen atoms in total. The first kappa shape index (κ1) is 13.4. The molecule has 0 aliphatic carbocycles. The smallest absolute Gasteiger partial charge is 0.187 e. The number of carbonyl (C=O) groups is 1. The maximum Gasteiger partial charge on any atom is 0.187 e. The summed E-state index contributed by atoms with van der Waals surface area (Å²) < 4.78 is 2.51. The number of aryl methyl sites for hydroxylation is 2. The number of Topliss-reactive ketones (excluding diaryl/α,β-unsaturated/α-hetero) is 1. The Morgan fingerprint density at radius 2 is 2.33 bits per heavy atom. The van der Waals surface area contributed by atoms with Crippen molar-refractivity contribution < 1.29 is 4.79 Å². The molecule has 0 fully saturated rings. The van der Waals surface area contributed by atoms with Gasteiger partial charge in [-0.2, -0.15) is 5.10 Å². The van der Waals surface area contributed by atoms with Crippen LogP contribution in [0.25, 0.3) is 0 Å². The zero-order chi connectivity index (χ0) is 13.1. The highest BCUT2D eigenvalue weighted by atomic mass is 79.9. The zero-order valence-corrected chi connectivity index (χ0v) is 12.7. The van der Waals surface area contributed by atoms with Gasteiger partial charge in [0.15, 0.2) is 5.78 Å². The maximum atomic E-state index is 12.3. The molecule has 0 saturated heterocycles. The number of hydrogen-bond acceptors (Lipinski definition) is 4. The summed E-state index contributed by atoms with van der Waals surface area (Å²) >= 11 is 4.95. The van der Waals surface area contributed by atoms with E-state index in [9.17, 15) is 4.79 Å². The third kappa shape index (κ3) is 2.87. The summed E-state index contributed by atoms with van der Waals surface area (Å²) in [5, 5.41) is 7.12. The van der Waals surface area contributed by atoms with Crippen LogP contribution in [0, 0.1) is 6.92 Å². The lowest BCUT2D eigenvalue weighted by molar-refractivity contribution is 0.0981. The molecule has 0 unspecified atom stereocenters. The molecule has 18 heavy (non-hydrogen) atoms. The van der Waals surface area contributed by atoms with Gasteiger partial charge in [0.2, 0.25) is 0 Å². The van der Waals surface area contributed by atoms with Gasteiger partial charge in [-0.3, -0.25) is 9.48 Å². The van der Waals surface area contributed by atoms with Crippen LogP contribution in [0.15, 0.2) is 16.0 Å². The molecular formula is C12H14BrN3OS. The van der Waals surface area contributed by atoms with E-state index in [1.165, 1.54) is 0 Å². The number of thiazole rings is 1. The summed E-state index contributed by atoms with van der Waals surface area (Å²) in [5.74, 6) is 0.0538. The van der Waals surface area contributed by atoms with E-state index < -0.39 is 0 Å². The molecule has 0 aliphatic heterocycles. The van der Waals surface area contributed by atoms with Gasteiger partial charge < -0.3 is 0 Å². The number of carbonyl (C=O) groups excluding carboxylic acids is 1. The standard InChI is InChI=1S/C12H14BrN3OS/c1-3-4-16-12(10(13)6-14-16)11(17)5-9-7-18-8(2)15-9/h6-7H,3-5H2,1-2H3. The highest BCUT2D eigenvalue weighted by molar-refractivity contribution is 9.10. The quantitative estimate of drug-likeness (QED) is 0.792. The summed E-state index contributed by atoms with van der Waals surface area (Å²) in [6, 6.07) is 0. The second-order valence-electron chi connectivity index (χ2n) is 4.02. The van der Waals surface area contributed by atoms with Crippen molar-refractivity contribution in [3.8, 4) is 0 Å². The predicted molar refractivity (Wildman–Crippen MR) is 75.1 cm³/mol. The molecule has 0 radical (unpaired) electrons. The largest absolute Gasteiger partial charge is 0.292 e. The Bertz CT molecular complexity index is 561. The normalized spacial score (nSPS) is 10.8. The summed E-state index contributed by atoms with van der Waals surface area (Å²) in [5.41, 5.74) is 1.47. The van der Waals surface area contributed by atoms with Crippen LogP contribution in [-0.2, 0) is 13.0 Å². The van der Waals surface area contributed by atoms with E-state index in [4.69, 9.17) is 0 Å². The fraction of sp³-hybridized carbons (Fsp3) is 0.417. The van der Waals surface area contributed by atoms with Crippen molar-refractivity contribution in [3.05, 3.63) is 32.4 Å². The van der Waals surface area contributed by atoms with Crippen molar-refractivity contribution in [3.63, 3.8) is 0 Å². The van der Waals surface area contributed by atoms with Gasteiger partial charge in [0.05, 0.1) is 27.8 Å². The van der Waals surface area contributed by atoms with Gasteiger partial charge in [-0.05, 0) is 29.3 Å². The minimum atomic E-state index is 0.0538. The number of ketones is 1. The molecule has 96 valence electrons. The van der Waals surface area contributed by atoms with E-state index >= 15 is 0 Å². The lowest BCUT2D eigenvalue weighted by atomic mass is 10.2. The van der Waals surface area contributed by atoms with Gasteiger partial charge in [-0.25, -0.2) is 4.98 Å². The predicted octanol–water partition coefficient (Wildman–Crippen LogP) is 3.25. The van der Waals surface area contributed by atoms with E-state index in [0.717, 1.165) is 28.1 Å². The number of rotatable bonds is 5. The van der Waals surface area contributed by atoms with Gasteiger partial charge in [-0.1, -0.05) is 6.92 Å². The second kappa shape index (κ2) is 5.75. The average molecular weight is 328 g/mol. The van der Waals surface area contributed by atoms with Crippen molar-refractivity contribution in [2.24, 2.45) is 0 Å². The van der Waals surface area contributed by atoms with Crippen LogP contribution in [-0.4, -0.2) is 20.5 Å². The molecule has 0 aliphatic rings. The SMILES string of the molecule is CCCn1ncc(Br)c1C(=O)Cc1csc(C)n1. The first-order valence-corrected chi connectivity index (χ1v) is 7.44. The summed E-state index contributed by atoms with van der Waals surface area (Å²) in [6.45, 7) is 4.76. The molecule has 6 heteroatoms. The van der Waals surface area contributed by atoms with Crippen LogP contribution in [0.3, 0.4) is 0 Å². The molecule has 0 atom stereocenters. The van der Waals surface area contributed by atoms with Gasteiger partial charge in [-0.15, -0.1) is 11.3 Å². The third-order valence-electron chi connectivity index (χ3n) is 2.50. The number of halogens is 1. The maximum absolute atomic E-state index is 12.3. The molecule has 0 amide bonds. The van der Waals surface area contributed by atoms with E-state index in [2.05, 4.69) is 32.9 Å². The van der Waals surface area contributed by atoms with Crippen molar-refractivity contribution >= 4 is 33.0 Å². The van der Waals surface area contributed by atoms with E-state index in [-0.39, 0.29) is 5.78 Å². The fourth-order valence-corrected chi connectivity index (χ4v) is 2.89. The van der Waals surface area contributed by atoms with Gasteiger partial charge >= 0.3 is 0 Å². The van der Waals surface area contributed by atoms with Crippen LogP contribution >= 0.6 is 27.3 Å². The average Bonchev–Trinajstić information content (AvgIpc) is 2.86. The minimum Gasteiger partial charge on any atom is -0.292 e.